The van der Waals surface area contributed by atoms with Gasteiger partial charge in [-0.1, -0.05) is 6.07 Å². The van der Waals surface area contributed by atoms with Crippen LogP contribution in [-0.4, -0.2) is 55.0 Å². The van der Waals surface area contributed by atoms with Crippen LogP contribution in [0, 0.1) is 0 Å². The van der Waals surface area contributed by atoms with Crippen LogP contribution in [0.15, 0.2) is 60.9 Å². The van der Waals surface area contributed by atoms with Gasteiger partial charge in [-0.2, -0.15) is 0 Å². The number of hydrogen-bond acceptors (Lipinski definition) is 7. The van der Waals surface area contributed by atoms with Crippen molar-refractivity contribution in [1.82, 2.24) is 19.6 Å². The van der Waals surface area contributed by atoms with E-state index in [2.05, 4.69) is 20.4 Å². The van der Waals surface area contributed by atoms with Gasteiger partial charge >= 0.3 is 0 Å². The maximum absolute atomic E-state index is 13.8. The van der Waals surface area contributed by atoms with Crippen molar-refractivity contribution < 1.29 is 28.5 Å². The predicted molar refractivity (Wildman–Crippen MR) is 114 cm³/mol. The molecule has 4 rings (SSSR count). The molecule has 0 bridgehead atoms. The summed E-state index contributed by atoms with van der Waals surface area (Å²) < 4.78 is 34.2. The van der Waals surface area contributed by atoms with E-state index in [0.717, 1.165) is 6.07 Å². The zero-order valence-corrected chi connectivity index (χ0v) is 17.1. The second-order valence-corrected chi connectivity index (χ2v) is 6.99. The SMILES string of the molecule is O=C(Nc1ccccn1)c1cccn2nc(-c3ccc(OCC(O)CO)cc3C(F)F)nc12. The Labute approximate surface area is 186 Å². The van der Waals surface area contributed by atoms with E-state index in [9.17, 15) is 18.7 Å². The first-order chi connectivity index (χ1) is 16.0. The van der Waals surface area contributed by atoms with Crippen LogP contribution in [0.25, 0.3) is 17.0 Å². The molecule has 0 spiro atoms. The fourth-order valence-electron chi connectivity index (χ4n) is 3.08. The van der Waals surface area contributed by atoms with Crippen molar-refractivity contribution >= 4 is 17.4 Å². The first-order valence-electron chi connectivity index (χ1n) is 9.88. The lowest BCUT2D eigenvalue weighted by atomic mass is 10.1. The molecule has 1 aromatic carbocycles. The Morgan fingerprint density at radius 3 is 2.76 bits per heavy atom. The summed E-state index contributed by atoms with van der Waals surface area (Å²) in [4.78, 5) is 21.1. The first-order valence-corrected chi connectivity index (χ1v) is 9.88. The number of aliphatic hydroxyl groups is 2. The number of halogens is 2. The van der Waals surface area contributed by atoms with E-state index in [1.165, 1.54) is 22.8 Å². The lowest BCUT2D eigenvalue weighted by Crippen LogP contribution is -2.21. The van der Waals surface area contributed by atoms with E-state index in [0.29, 0.717) is 5.82 Å². The molecule has 0 aliphatic carbocycles. The summed E-state index contributed by atoms with van der Waals surface area (Å²) in [5.41, 5.74) is 0.0761. The highest BCUT2D eigenvalue weighted by Crippen LogP contribution is 2.33. The molecule has 0 saturated carbocycles. The van der Waals surface area contributed by atoms with Crippen molar-refractivity contribution in [3.05, 3.63) is 72.1 Å². The van der Waals surface area contributed by atoms with Crippen molar-refractivity contribution in [3.8, 4) is 17.1 Å². The summed E-state index contributed by atoms with van der Waals surface area (Å²) in [5.74, 6) is -0.0178. The Hall–Kier alpha value is -3.96. The summed E-state index contributed by atoms with van der Waals surface area (Å²) in [6.07, 6.45) is -0.894. The second kappa shape index (κ2) is 9.67. The summed E-state index contributed by atoms with van der Waals surface area (Å²) in [6, 6.07) is 12.2. The lowest BCUT2D eigenvalue weighted by Gasteiger charge is -2.12. The number of carbonyl (C=O) groups excluding carboxylic acids is 1. The number of ether oxygens (including phenoxy) is 1. The van der Waals surface area contributed by atoms with Gasteiger partial charge in [-0.15, -0.1) is 5.10 Å². The molecule has 3 aromatic heterocycles. The lowest BCUT2D eigenvalue weighted by molar-refractivity contribution is 0.0534. The maximum atomic E-state index is 13.8. The second-order valence-electron chi connectivity index (χ2n) is 6.99. The van der Waals surface area contributed by atoms with Crippen molar-refractivity contribution in [3.63, 3.8) is 0 Å². The van der Waals surface area contributed by atoms with Crippen molar-refractivity contribution in [1.29, 1.82) is 0 Å². The van der Waals surface area contributed by atoms with Gasteiger partial charge in [-0.05, 0) is 42.5 Å². The molecule has 1 unspecified atom stereocenters. The van der Waals surface area contributed by atoms with Crippen LogP contribution < -0.4 is 10.1 Å². The number of amides is 1. The van der Waals surface area contributed by atoms with Crippen LogP contribution in [0.4, 0.5) is 14.6 Å². The van der Waals surface area contributed by atoms with Crippen LogP contribution in [0.5, 0.6) is 5.75 Å². The van der Waals surface area contributed by atoms with Crippen LogP contribution in [-0.2, 0) is 0 Å². The van der Waals surface area contributed by atoms with Gasteiger partial charge in [0.15, 0.2) is 11.5 Å². The van der Waals surface area contributed by atoms with E-state index in [1.807, 2.05) is 0 Å². The van der Waals surface area contributed by atoms with Crippen molar-refractivity contribution in [2.24, 2.45) is 0 Å². The summed E-state index contributed by atoms with van der Waals surface area (Å²) in [6.45, 7) is -0.763. The minimum absolute atomic E-state index is 0.00493. The highest BCUT2D eigenvalue weighted by atomic mass is 19.3. The smallest absolute Gasteiger partial charge is 0.264 e. The number of benzene rings is 1. The van der Waals surface area contributed by atoms with Gasteiger partial charge in [-0.3, -0.25) is 4.79 Å². The normalized spacial score (nSPS) is 12.2. The molecular weight excluding hydrogens is 436 g/mol. The highest BCUT2D eigenvalue weighted by Gasteiger charge is 2.21. The van der Waals surface area contributed by atoms with Gasteiger partial charge in [-0.25, -0.2) is 23.3 Å². The zero-order chi connectivity index (χ0) is 23.4. The molecule has 4 aromatic rings. The number of rotatable bonds is 8. The molecule has 11 heteroatoms. The molecule has 1 amide bonds. The molecule has 0 fully saturated rings. The standard InChI is InChI=1S/C22H19F2N5O4/c23-19(24)17-10-14(33-12-13(31)11-30)6-7-15(17)20-27-21-16(4-3-9-29(21)28-20)22(32)26-18-5-1-2-8-25-18/h1-10,13,19,30-31H,11-12H2,(H,25,26,32). The van der Waals surface area contributed by atoms with Gasteiger partial charge in [0.2, 0.25) is 0 Å². The van der Waals surface area contributed by atoms with Crippen LogP contribution in [0.3, 0.4) is 0 Å². The first kappa shape index (κ1) is 22.2. The number of nitrogens with zero attached hydrogens (tertiary/aromatic N) is 4. The van der Waals surface area contributed by atoms with Gasteiger partial charge in [0.05, 0.1) is 12.2 Å². The van der Waals surface area contributed by atoms with E-state index in [-0.39, 0.29) is 40.5 Å². The Kier molecular flexibility index (Phi) is 6.52. The Morgan fingerprint density at radius 2 is 2.03 bits per heavy atom. The Bertz CT molecular complexity index is 1270. The molecule has 3 heterocycles. The molecule has 170 valence electrons. The number of carbonyl (C=O) groups is 1. The van der Waals surface area contributed by atoms with Gasteiger partial charge < -0.3 is 20.3 Å². The number of aromatic nitrogens is 4. The number of alkyl halides is 2. The minimum atomic E-state index is -2.86. The van der Waals surface area contributed by atoms with Gasteiger partial charge in [0.25, 0.3) is 12.3 Å². The van der Waals surface area contributed by atoms with E-state index < -0.39 is 25.0 Å². The van der Waals surface area contributed by atoms with Gasteiger partial charge in [0.1, 0.15) is 24.3 Å². The van der Waals surface area contributed by atoms with E-state index in [1.54, 1.807) is 36.5 Å². The van der Waals surface area contributed by atoms with Crippen LogP contribution in [0.2, 0.25) is 0 Å². The van der Waals surface area contributed by atoms with Crippen LogP contribution in [0.1, 0.15) is 22.3 Å². The Balaban J connectivity index is 1.67. The average molecular weight is 455 g/mol. The molecule has 0 radical (unpaired) electrons. The number of hydrogen-bond donors (Lipinski definition) is 3. The fourth-order valence-corrected chi connectivity index (χ4v) is 3.08. The monoisotopic (exact) mass is 455 g/mol. The van der Waals surface area contributed by atoms with Crippen molar-refractivity contribution in [2.45, 2.75) is 12.5 Å². The summed E-state index contributed by atoms with van der Waals surface area (Å²) in [7, 11) is 0. The molecule has 33 heavy (non-hydrogen) atoms. The molecular formula is C22H19F2N5O4. The molecule has 1 atom stereocenters. The summed E-state index contributed by atoms with van der Waals surface area (Å²) >= 11 is 0. The number of fused-ring (bicyclic) bond motifs is 1. The Morgan fingerprint density at radius 1 is 1.18 bits per heavy atom. The number of aliphatic hydroxyl groups excluding tert-OH is 2. The topological polar surface area (TPSA) is 122 Å². The average Bonchev–Trinajstić information content (AvgIpc) is 3.27. The quantitative estimate of drug-likeness (QED) is 0.373. The molecule has 0 saturated heterocycles. The third-order valence-electron chi connectivity index (χ3n) is 4.67. The molecule has 3 N–H and O–H groups in total. The number of anilines is 1. The molecule has 0 aliphatic heterocycles. The number of nitrogens with one attached hydrogen (secondary N) is 1. The van der Waals surface area contributed by atoms with Gasteiger partial charge in [0, 0.05) is 23.5 Å². The third kappa shape index (κ3) is 4.94. The maximum Gasteiger partial charge on any atom is 0.264 e. The molecule has 9 nitrogen and oxygen atoms in total. The minimum Gasteiger partial charge on any atom is -0.491 e. The summed E-state index contributed by atoms with van der Waals surface area (Å²) in [5, 5.41) is 25.2. The van der Waals surface area contributed by atoms with E-state index >= 15 is 0 Å². The largest absolute Gasteiger partial charge is 0.491 e. The highest BCUT2D eigenvalue weighted by molar-refractivity contribution is 6.07. The third-order valence-corrected chi connectivity index (χ3v) is 4.67. The number of pyridine rings is 2. The molecule has 0 aliphatic rings. The zero-order valence-electron chi connectivity index (χ0n) is 17.1. The van der Waals surface area contributed by atoms with Crippen LogP contribution >= 0.6 is 0 Å². The fraction of sp³-hybridized carbons (Fsp3) is 0.182. The predicted octanol–water partition coefficient (Wildman–Crippen LogP) is 2.71. The van der Waals surface area contributed by atoms with Crippen molar-refractivity contribution in [2.75, 3.05) is 18.5 Å². The van der Waals surface area contributed by atoms with E-state index in [4.69, 9.17) is 9.84 Å².